The second-order valence-corrected chi connectivity index (χ2v) is 7.10. The number of nitrogens with zero attached hydrogens (tertiary/aromatic N) is 4. The predicted molar refractivity (Wildman–Crippen MR) is 92.2 cm³/mol. The van der Waals surface area contributed by atoms with Crippen LogP contribution in [0.15, 0.2) is 29.2 Å². The highest BCUT2D eigenvalue weighted by Gasteiger charge is 2.35. The van der Waals surface area contributed by atoms with E-state index in [2.05, 4.69) is 21.7 Å². The summed E-state index contributed by atoms with van der Waals surface area (Å²) < 4.78 is 1.38. The van der Waals surface area contributed by atoms with Crippen molar-refractivity contribution in [1.29, 1.82) is 0 Å². The average molecular weight is 328 g/mol. The van der Waals surface area contributed by atoms with E-state index < -0.39 is 0 Å². The molecule has 0 radical (unpaired) electrons. The fourth-order valence-corrected chi connectivity index (χ4v) is 4.01. The van der Waals surface area contributed by atoms with Crippen LogP contribution < -0.4 is 5.56 Å². The first kappa shape index (κ1) is 15.6. The molecule has 0 spiro atoms. The van der Waals surface area contributed by atoms with E-state index in [0.717, 1.165) is 18.8 Å². The lowest BCUT2D eigenvalue weighted by Crippen LogP contribution is -2.61. The van der Waals surface area contributed by atoms with Crippen molar-refractivity contribution in [2.24, 2.45) is 0 Å². The number of aromatic hydroxyl groups is 1. The monoisotopic (exact) mass is 328 g/mol. The Labute approximate surface area is 141 Å². The van der Waals surface area contributed by atoms with Gasteiger partial charge in [-0.15, -0.1) is 0 Å². The normalized spacial score (nSPS) is 23.5. The van der Waals surface area contributed by atoms with Crippen molar-refractivity contribution in [3.8, 4) is 5.75 Å². The molecule has 2 aliphatic rings. The first-order valence-corrected chi connectivity index (χ1v) is 8.80. The van der Waals surface area contributed by atoms with Crippen LogP contribution >= 0.6 is 0 Å². The minimum atomic E-state index is -0.146. The third-order valence-electron chi connectivity index (χ3n) is 5.37. The van der Waals surface area contributed by atoms with Crippen molar-refractivity contribution in [2.45, 2.75) is 44.8 Å². The molecule has 1 N–H and O–H groups in total. The fraction of sp³-hybridized carbons (Fsp3) is 0.556. The third kappa shape index (κ3) is 2.80. The van der Waals surface area contributed by atoms with Gasteiger partial charge in [-0.1, -0.05) is 6.42 Å². The quantitative estimate of drug-likeness (QED) is 0.924. The summed E-state index contributed by atoms with van der Waals surface area (Å²) in [6.07, 6.45) is 5.59. The lowest BCUT2D eigenvalue weighted by molar-refractivity contribution is -0.00673. The molecule has 2 aromatic rings. The molecule has 0 aromatic carbocycles. The first-order chi connectivity index (χ1) is 11.6. The van der Waals surface area contributed by atoms with Gasteiger partial charge in [-0.25, -0.2) is 4.98 Å². The summed E-state index contributed by atoms with van der Waals surface area (Å²) in [7, 11) is 0. The highest BCUT2D eigenvalue weighted by atomic mass is 16.3. The molecule has 4 rings (SSSR count). The van der Waals surface area contributed by atoms with Crippen LogP contribution in [0.3, 0.4) is 0 Å². The Balaban J connectivity index is 1.45. The molecule has 2 fully saturated rings. The van der Waals surface area contributed by atoms with Crippen LogP contribution in [0.4, 0.5) is 0 Å². The lowest BCUT2D eigenvalue weighted by Gasteiger charge is -2.49. The van der Waals surface area contributed by atoms with Gasteiger partial charge >= 0.3 is 0 Å². The van der Waals surface area contributed by atoms with Crippen LogP contribution in [-0.2, 0) is 6.54 Å². The number of pyridine rings is 1. The van der Waals surface area contributed by atoms with E-state index in [-0.39, 0.29) is 11.3 Å². The van der Waals surface area contributed by atoms with Gasteiger partial charge in [0.15, 0.2) is 11.4 Å². The summed E-state index contributed by atoms with van der Waals surface area (Å²) >= 11 is 0. The van der Waals surface area contributed by atoms with Gasteiger partial charge in [0.25, 0.3) is 5.56 Å². The lowest BCUT2D eigenvalue weighted by atomic mass is 9.97. The van der Waals surface area contributed by atoms with Gasteiger partial charge in [0, 0.05) is 44.0 Å². The minimum Gasteiger partial charge on any atom is -0.504 e. The molecular formula is C18H24N4O2. The topological polar surface area (TPSA) is 61.1 Å². The van der Waals surface area contributed by atoms with E-state index in [1.807, 2.05) is 0 Å². The Bertz CT molecular complexity index is 797. The van der Waals surface area contributed by atoms with Gasteiger partial charge in [-0.05, 0) is 38.4 Å². The summed E-state index contributed by atoms with van der Waals surface area (Å²) in [5.74, 6) is 0.0417. The first-order valence-electron chi connectivity index (χ1n) is 8.80. The fourth-order valence-electron chi connectivity index (χ4n) is 4.01. The van der Waals surface area contributed by atoms with E-state index in [0.29, 0.717) is 24.3 Å². The number of hydrogen-bond acceptors (Lipinski definition) is 5. The number of piperidine rings is 1. The van der Waals surface area contributed by atoms with E-state index in [1.165, 1.54) is 30.2 Å². The SMILES string of the molecule is C[C@H]1CCCCN1C1CN(Cc2cc(=O)n3cccc(O)c3n2)C1. The van der Waals surface area contributed by atoms with Crippen molar-refractivity contribution in [3.05, 3.63) is 40.4 Å². The maximum Gasteiger partial charge on any atom is 0.258 e. The second kappa shape index (κ2) is 6.18. The Kier molecular flexibility index (Phi) is 4.02. The van der Waals surface area contributed by atoms with E-state index >= 15 is 0 Å². The molecule has 24 heavy (non-hydrogen) atoms. The van der Waals surface area contributed by atoms with E-state index in [4.69, 9.17) is 0 Å². The van der Waals surface area contributed by atoms with E-state index in [1.54, 1.807) is 24.4 Å². The molecule has 0 unspecified atom stereocenters. The molecule has 4 heterocycles. The largest absolute Gasteiger partial charge is 0.504 e. The average Bonchev–Trinajstić information content (AvgIpc) is 2.53. The zero-order chi connectivity index (χ0) is 16.7. The molecule has 2 saturated heterocycles. The number of likely N-dealkylation sites (tertiary alicyclic amines) is 2. The molecule has 0 saturated carbocycles. The van der Waals surface area contributed by atoms with Gasteiger partial charge in [-0.2, -0.15) is 0 Å². The summed E-state index contributed by atoms with van der Waals surface area (Å²) in [4.78, 5) is 21.6. The molecule has 6 heteroatoms. The summed E-state index contributed by atoms with van der Waals surface area (Å²) in [5.41, 5.74) is 0.918. The highest BCUT2D eigenvalue weighted by Crippen LogP contribution is 2.25. The maximum absolute atomic E-state index is 12.2. The standard InChI is InChI=1S/C18H24N4O2/c1-13-5-2-3-7-21(13)15-11-20(12-15)10-14-9-17(24)22-8-4-6-16(23)18(22)19-14/h4,6,8-9,13,15,23H,2-3,5,7,10-12H2,1H3/t13-/m0/s1. The van der Waals surface area contributed by atoms with Gasteiger partial charge in [-0.3, -0.25) is 19.0 Å². The molecule has 1 atom stereocenters. The molecule has 0 aliphatic carbocycles. The predicted octanol–water partition coefficient (Wildman–Crippen LogP) is 1.46. The smallest absolute Gasteiger partial charge is 0.258 e. The van der Waals surface area contributed by atoms with Crippen molar-refractivity contribution in [3.63, 3.8) is 0 Å². The zero-order valence-corrected chi connectivity index (χ0v) is 14.1. The van der Waals surface area contributed by atoms with Crippen LogP contribution in [0, 0.1) is 0 Å². The van der Waals surface area contributed by atoms with Crippen LogP contribution in [0.1, 0.15) is 31.9 Å². The number of aromatic nitrogens is 2. The van der Waals surface area contributed by atoms with Crippen molar-refractivity contribution in [2.75, 3.05) is 19.6 Å². The van der Waals surface area contributed by atoms with Gasteiger partial charge in [0.05, 0.1) is 5.69 Å². The van der Waals surface area contributed by atoms with Crippen LogP contribution in [0.5, 0.6) is 5.75 Å². The Morgan fingerprint density at radius 2 is 2.17 bits per heavy atom. The second-order valence-electron chi connectivity index (χ2n) is 7.10. The highest BCUT2D eigenvalue weighted by molar-refractivity contribution is 5.52. The van der Waals surface area contributed by atoms with Crippen molar-refractivity contribution < 1.29 is 5.11 Å². The van der Waals surface area contributed by atoms with Gasteiger partial charge in [0.1, 0.15) is 0 Å². The van der Waals surface area contributed by atoms with Crippen molar-refractivity contribution in [1.82, 2.24) is 19.2 Å². The molecule has 0 bridgehead atoms. The maximum atomic E-state index is 12.2. The zero-order valence-electron chi connectivity index (χ0n) is 14.1. The third-order valence-corrected chi connectivity index (χ3v) is 5.37. The molecular weight excluding hydrogens is 304 g/mol. The Morgan fingerprint density at radius 1 is 1.33 bits per heavy atom. The van der Waals surface area contributed by atoms with Gasteiger partial charge < -0.3 is 5.11 Å². The van der Waals surface area contributed by atoms with Gasteiger partial charge in [0.2, 0.25) is 0 Å². The summed E-state index contributed by atoms with van der Waals surface area (Å²) in [6, 6.07) is 6.10. The molecule has 128 valence electrons. The van der Waals surface area contributed by atoms with Crippen LogP contribution in [0.25, 0.3) is 5.65 Å². The summed E-state index contributed by atoms with van der Waals surface area (Å²) in [6.45, 7) is 6.27. The van der Waals surface area contributed by atoms with Crippen molar-refractivity contribution >= 4 is 5.65 Å². The number of rotatable bonds is 3. The van der Waals surface area contributed by atoms with E-state index in [9.17, 15) is 9.90 Å². The Hall–Kier alpha value is -1.92. The number of fused-ring (bicyclic) bond motifs is 1. The van der Waals surface area contributed by atoms with Crippen LogP contribution in [0.2, 0.25) is 0 Å². The Morgan fingerprint density at radius 3 is 2.96 bits per heavy atom. The molecule has 2 aliphatic heterocycles. The molecule has 2 aromatic heterocycles. The molecule has 6 nitrogen and oxygen atoms in total. The van der Waals surface area contributed by atoms with Crippen LogP contribution in [-0.4, -0.2) is 56.0 Å². The number of hydrogen-bond donors (Lipinski definition) is 1. The summed E-state index contributed by atoms with van der Waals surface area (Å²) in [5, 5.41) is 9.92. The molecule has 0 amide bonds. The minimum absolute atomic E-state index is 0.0417.